The molecule has 2 unspecified atom stereocenters. The number of carboxylic acids is 1. The van der Waals surface area contributed by atoms with E-state index in [4.69, 9.17) is 0 Å². The molecule has 45 heavy (non-hydrogen) atoms. The Morgan fingerprint density at radius 3 is 2.04 bits per heavy atom. The zero-order valence-electron chi connectivity index (χ0n) is 26.2. The lowest BCUT2D eigenvalue weighted by molar-refractivity contribution is -0.139. The van der Waals surface area contributed by atoms with Crippen LogP contribution in [0.5, 0.6) is 0 Å². The number of anilines is 1. The van der Waals surface area contributed by atoms with Gasteiger partial charge < -0.3 is 25.3 Å². The number of rotatable bonds is 12. The number of aliphatic hydroxyl groups excluding tert-OH is 1. The SMILES string of the molecule is CC(C)(C)c1ccccc1N1CCN(C(=O)CC(CC(=O)O)CC(=O)NCc2ccc(C(O)C(=O)c3ccccc3)cc2)CC1. The fourth-order valence-corrected chi connectivity index (χ4v) is 5.68. The van der Waals surface area contributed by atoms with Crippen molar-refractivity contribution in [3.05, 3.63) is 101 Å². The molecule has 1 aliphatic rings. The summed E-state index contributed by atoms with van der Waals surface area (Å²) in [4.78, 5) is 54.1. The molecule has 0 aliphatic carbocycles. The van der Waals surface area contributed by atoms with E-state index in [-0.39, 0.29) is 43.0 Å². The Morgan fingerprint density at radius 1 is 0.800 bits per heavy atom. The average Bonchev–Trinajstić information content (AvgIpc) is 3.03. The Hall–Kier alpha value is -4.50. The predicted octanol–water partition coefficient (Wildman–Crippen LogP) is 4.74. The molecule has 9 nitrogen and oxygen atoms in total. The van der Waals surface area contributed by atoms with Gasteiger partial charge in [-0.25, -0.2) is 0 Å². The number of Topliss-reactive ketones (excluding diaryl/α,β-unsaturated/α-hetero) is 1. The van der Waals surface area contributed by atoms with Crippen molar-refractivity contribution in [1.29, 1.82) is 0 Å². The topological polar surface area (TPSA) is 127 Å². The molecule has 4 rings (SSSR count). The smallest absolute Gasteiger partial charge is 0.303 e. The predicted molar refractivity (Wildman–Crippen MR) is 173 cm³/mol. The minimum Gasteiger partial charge on any atom is -0.481 e. The largest absolute Gasteiger partial charge is 0.481 e. The van der Waals surface area contributed by atoms with E-state index in [1.165, 1.54) is 11.3 Å². The Bertz CT molecular complexity index is 1470. The lowest BCUT2D eigenvalue weighted by Gasteiger charge is -2.39. The number of nitrogens with zero attached hydrogens (tertiary/aromatic N) is 2. The quantitative estimate of drug-likeness (QED) is 0.252. The average molecular weight is 614 g/mol. The molecule has 2 amide bonds. The number of aliphatic hydroxyl groups is 1. The number of piperazine rings is 1. The number of carbonyl (C=O) groups is 4. The highest BCUT2D eigenvalue weighted by Gasteiger charge is 2.28. The molecule has 3 aromatic carbocycles. The van der Waals surface area contributed by atoms with E-state index in [0.29, 0.717) is 37.3 Å². The van der Waals surface area contributed by atoms with Crippen molar-refractivity contribution in [1.82, 2.24) is 10.2 Å². The number of para-hydroxylation sites is 1. The van der Waals surface area contributed by atoms with Crippen LogP contribution >= 0.6 is 0 Å². The summed E-state index contributed by atoms with van der Waals surface area (Å²) in [7, 11) is 0. The van der Waals surface area contributed by atoms with Crippen LogP contribution in [-0.4, -0.2) is 64.9 Å². The van der Waals surface area contributed by atoms with Gasteiger partial charge in [-0.15, -0.1) is 0 Å². The van der Waals surface area contributed by atoms with Crippen LogP contribution in [0.25, 0.3) is 0 Å². The second kappa shape index (κ2) is 15.0. The first kappa shape index (κ1) is 33.4. The summed E-state index contributed by atoms with van der Waals surface area (Å²) in [5.74, 6) is -2.57. The minimum absolute atomic E-state index is 0.0108. The molecule has 9 heteroatoms. The summed E-state index contributed by atoms with van der Waals surface area (Å²) in [6.45, 7) is 9.16. The van der Waals surface area contributed by atoms with Crippen LogP contribution in [0.4, 0.5) is 5.69 Å². The summed E-state index contributed by atoms with van der Waals surface area (Å²) in [5.41, 5.74) is 4.03. The van der Waals surface area contributed by atoms with Gasteiger partial charge in [0.25, 0.3) is 0 Å². The Labute approximate surface area is 264 Å². The molecule has 0 radical (unpaired) electrons. The third-order valence-corrected chi connectivity index (χ3v) is 8.18. The van der Waals surface area contributed by atoms with Crippen LogP contribution in [-0.2, 0) is 26.3 Å². The fraction of sp³-hybridized carbons (Fsp3) is 0.389. The zero-order valence-corrected chi connectivity index (χ0v) is 26.2. The van der Waals surface area contributed by atoms with Gasteiger partial charge in [-0.05, 0) is 34.1 Å². The van der Waals surface area contributed by atoms with E-state index in [9.17, 15) is 29.4 Å². The lowest BCUT2D eigenvalue weighted by atomic mass is 9.85. The molecule has 0 saturated carbocycles. The number of hydrogen-bond acceptors (Lipinski definition) is 6. The molecule has 238 valence electrons. The van der Waals surface area contributed by atoms with Crippen molar-refractivity contribution in [3.8, 4) is 0 Å². The summed E-state index contributed by atoms with van der Waals surface area (Å²) in [6.07, 6.45) is -1.67. The van der Waals surface area contributed by atoms with Crippen LogP contribution in [0, 0.1) is 5.92 Å². The molecule has 1 heterocycles. The molecule has 0 bridgehead atoms. The van der Waals surface area contributed by atoms with Crippen LogP contribution in [0.3, 0.4) is 0 Å². The van der Waals surface area contributed by atoms with Crippen molar-refractivity contribution in [2.45, 2.75) is 58.1 Å². The molecule has 3 aromatic rings. The Kier molecular flexibility index (Phi) is 11.1. The monoisotopic (exact) mass is 613 g/mol. The van der Waals surface area contributed by atoms with Crippen molar-refractivity contribution in [2.24, 2.45) is 5.92 Å². The molecule has 1 fully saturated rings. The molecule has 3 N–H and O–H groups in total. The molecular weight excluding hydrogens is 570 g/mol. The highest BCUT2D eigenvalue weighted by Crippen LogP contribution is 2.32. The molecule has 0 spiro atoms. The number of amides is 2. The number of aliphatic carboxylic acids is 1. The minimum atomic E-state index is -1.30. The molecule has 1 saturated heterocycles. The van der Waals surface area contributed by atoms with Gasteiger partial charge >= 0.3 is 5.97 Å². The van der Waals surface area contributed by atoms with Gasteiger partial charge in [-0.1, -0.05) is 93.6 Å². The maximum absolute atomic E-state index is 13.2. The van der Waals surface area contributed by atoms with Gasteiger partial charge in [0, 0.05) is 63.2 Å². The van der Waals surface area contributed by atoms with Crippen LogP contribution in [0.2, 0.25) is 0 Å². The first-order valence-electron chi connectivity index (χ1n) is 15.4. The van der Waals surface area contributed by atoms with E-state index in [1.807, 2.05) is 12.1 Å². The summed E-state index contributed by atoms with van der Waals surface area (Å²) >= 11 is 0. The number of hydrogen-bond donors (Lipinski definition) is 3. The number of benzene rings is 3. The second-order valence-electron chi connectivity index (χ2n) is 12.7. The third-order valence-electron chi connectivity index (χ3n) is 8.18. The number of carboxylic acid groups (broad SMARTS) is 1. The van der Waals surface area contributed by atoms with E-state index in [2.05, 4.69) is 43.1 Å². The van der Waals surface area contributed by atoms with Crippen LogP contribution in [0.15, 0.2) is 78.9 Å². The van der Waals surface area contributed by atoms with Crippen molar-refractivity contribution in [2.75, 3.05) is 31.1 Å². The highest BCUT2D eigenvalue weighted by molar-refractivity contribution is 5.99. The zero-order chi connectivity index (χ0) is 32.6. The summed E-state index contributed by atoms with van der Waals surface area (Å²) < 4.78 is 0. The van der Waals surface area contributed by atoms with E-state index < -0.39 is 23.8 Å². The van der Waals surface area contributed by atoms with Crippen molar-refractivity contribution in [3.63, 3.8) is 0 Å². The van der Waals surface area contributed by atoms with Gasteiger partial charge in [0.2, 0.25) is 11.8 Å². The van der Waals surface area contributed by atoms with Gasteiger partial charge in [0.15, 0.2) is 5.78 Å². The first-order chi connectivity index (χ1) is 21.4. The van der Waals surface area contributed by atoms with E-state index >= 15 is 0 Å². The standard InChI is InChI=1S/C36H43N3O6/c1-36(2,3)29-11-7-8-12-30(29)38-17-19-39(20-18-38)32(41)22-26(23-33(42)43)21-31(40)37-24-25-13-15-28(16-14-25)35(45)34(44)27-9-5-4-6-10-27/h4-16,26,35,45H,17-24H2,1-3H3,(H,37,40)(H,42,43). The third kappa shape index (κ3) is 9.25. The molecule has 1 aliphatic heterocycles. The Morgan fingerprint density at radius 2 is 1.42 bits per heavy atom. The number of nitrogens with one attached hydrogen (secondary N) is 1. The van der Waals surface area contributed by atoms with Gasteiger partial charge in [0.1, 0.15) is 6.10 Å². The van der Waals surface area contributed by atoms with Crippen molar-refractivity contribution < 1.29 is 29.4 Å². The lowest BCUT2D eigenvalue weighted by Crippen LogP contribution is -2.49. The maximum atomic E-state index is 13.2. The molecule has 2 atom stereocenters. The van der Waals surface area contributed by atoms with Gasteiger partial charge in [-0.2, -0.15) is 0 Å². The van der Waals surface area contributed by atoms with Gasteiger partial charge in [0.05, 0.1) is 0 Å². The second-order valence-corrected chi connectivity index (χ2v) is 12.7. The normalized spacial score (nSPS) is 14.8. The van der Waals surface area contributed by atoms with E-state index in [0.717, 1.165) is 5.56 Å². The molecule has 0 aromatic heterocycles. The molecular formula is C36H43N3O6. The first-order valence-corrected chi connectivity index (χ1v) is 15.4. The Balaban J connectivity index is 1.27. The van der Waals surface area contributed by atoms with Crippen LogP contribution < -0.4 is 10.2 Å². The maximum Gasteiger partial charge on any atom is 0.303 e. The van der Waals surface area contributed by atoms with E-state index in [1.54, 1.807) is 59.5 Å². The summed E-state index contributed by atoms with van der Waals surface area (Å²) in [5, 5.41) is 22.7. The number of ketones is 1. The highest BCUT2D eigenvalue weighted by atomic mass is 16.4. The van der Waals surface area contributed by atoms with Crippen molar-refractivity contribution >= 4 is 29.3 Å². The van der Waals surface area contributed by atoms with Crippen LogP contribution in [0.1, 0.15) is 73.2 Å². The van der Waals surface area contributed by atoms with Gasteiger partial charge in [-0.3, -0.25) is 19.2 Å². The summed E-state index contributed by atoms with van der Waals surface area (Å²) in [6, 6.07) is 23.6. The number of carbonyl (C=O) groups excluding carboxylic acids is 3. The fourth-order valence-electron chi connectivity index (χ4n) is 5.68.